The predicted octanol–water partition coefficient (Wildman–Crippen LogP) is 0.631. The minimum Gasteiger partial charge on any atom is -0.465 e. The fourth-order valence-corrected chi connectivity index (χ4v) is 1.21. The second-order valence-corrected chi connectivity index (χ2v) is 2.86. The summed E-state index contributed by atoms with van der Waals surface area (Å²) >= 11 is 0. The zero-order valence-electron chi connectivity index (χ0n) is 6.38. The van der Waals surface area contributed by atoms with E-state index in [1.165, 1.54) is 0 Å². The molecule has 1 rings (SSSR count). The molecule has 1 heterocycles. The quantitative estimate of drug-likeness (QED) is 0.471. The summed E-state index contributed by atoms with van der Waals surface area (Å²) in [7, 11) is 0. The number of hydrogen-bond acceptors (Lipinski definition) is 3. The molecule has 0 saturated carbocycles. The van der Waals surface area contributed by atoms with Crippen LogP contribution in [0.4, 0.5) is 0 Å². The van der Waals surface area contributed by atoms with Gasteiger partial charge in [-0.25, -0.2) is 0 Å². The molecule has 0 bridgehead atoms. The number of aliphatic hydroxyl groups is 1. The molecule has 3 heteroatoms. The van der Waals surface area contributed by atoms with Crippen LogP contribution in [0.15, 0.2) is 12.7 Å². The maximum absolute atomic E-state index is 10.7. The lowest BCUT2D eigenvalue weighted by Gasteiger charge is -2.29. The van der Waals surface area contributed by atoms with Gasteiger partial charge in [-0.05, 0) is 6.42 Å². The highest BCUT2D eigenvalue weighted by Gasteiger charge is 2.33. The van der Waals surface area contributed by atoms with Crippen LogP contribution in [0.1, 0.15) is 19.3 Å². The van der Waals surface area contributed by atoms with Crippen molar-refractivity contribution in [3.8, 4) is 0 Å². The highest BCUT2D eigenvalue weighted by Crippen LogP contribution is 2.24. The summed E-state index contributed by atoms with van der Waals surface area (Å²) in [6, 6.07) is 0. The minimum atomic E-state index is -0.892. The van der Waals surface area contributed by atoms with Gasteiger partial charge < -0.3 is 9.84 Å². The third kappa shape index (κ3) is 2.05. The summed E-state index contributed by atoms with van der Waals surface area (Å²) in [5.41, 5.74) is -0.892. The average Bonchev–Trinajstić information content (AvgIpc) is 1.86. The van der Waals surface area contributed by atoms with Crippen molar-refractivity contribution in [3.63, 3.8) is 0 Å². The molecule has 1 N–H and O–H groups in total. The number of carbonyl (C=O) groups excluding carboxylic acids is 1. The Bertz CT molecular complexity index is 176. The van der Waals surface area contributed by atoms with Gasteiger partial charge in [0.1, 0.15) is 0 Å². The Morgan fingerprint density at radius 3 is 3.09 bits per heavy atom. The Kier molecular flexibility index (Phi) is 2.29. The lowest BCUT2D eigenvalue weighted by atomic mass is 9.91. The lowest BCUT2D eigenvalue weighted by molar-refractivity contribution is -0.159. The van der Waals surface area contributed by atoms with E-state index in [9.17, 15) is 9.90 Å². The Balaban J connectivity index is 2.54. The van der Waals surface area contributed by atoms with Gasteiger partial charge in [-0.15, -0.1) is 6.58 Å². The van der Waals surface area contributed by atoms with Gasteiger partial charge in [0, 0.05) is 6.42 Å². The number of cyclic esters (lactones) is 1. The maximum atomic E-state index is 10.7. The first-order chi connectivity index (χ1) is 5.16. The van der Waals surface area contributed by atoms with E-state index in [1.807, 2.05) is 0 Å². The van der Waals surface area contributed by atoms with E-state index in [2.05, 4.69) is 11.3 Å². The topological polar surface area (TPSA) is 46.5 Å². The Morgan fingerprint density at radius 1 is 1.82 bits per heavy atom. The molecule has 1 fully saturated rings. The molecule has 62 valence electrons. The van der Waals surface area contributed by atoms with E-state index in [-0.39, 0.29) is 12.4 Å². The van der Waals surface area contributed by atoms with Gasteiger partial charge in [-0.3, -0.25) is 4.79 Å². The van der Waals surface area contributed by atoms with Crippen LogP contribution in [-0.4, -0.2) is 23.3 Å². The smallest absolute Gasteiger partial charge is 0.308 e. The number of hydrogen-bond donors (Lipinski definition) is 1. The van der Waals surface area contributed by atoms with E-state index in [0.29, 0.717) is 19.4 Å². The van der Waals surface area contributed by atoms with Gasteiger partial charge in [-0.2, -0.15) is 0 Å². The van der Waals surface area contributed by atoms with Crippen molar-refractivity contribution in [1.29, 1.82) is 0 Å². The third-order valence-electron chi connectivity index (χ3n) is 1.83. The molecule has 0 aromatic carbocycles. The van der Waals surface area contributed by atoms with Crippen molar-refractivity contribution >= 4 is 5.97 Å². The van der Waals surface area contributed by atoms with Crippen LogP contribution in [0.3, 0.4) is 0 Å². The molecular formula is C8H12O3. The van der Waals surface area contributed by atoms with Crippen LogP contribution in [0, 0.1) is 0 Å². The second-order valence-electron chi connectivity index (χ2n) is 2.86. The fraction of sp³-hybridized carbons (Fsp3) is 0.625. The van der Waals surface area contributed by atoms with Gasteiger partial charge in [0.05, 0.1) is 18.6 Å². The molecule has 3 nitrogen and oxygen atoms in total. The number of esters is 1. The molecule has 0 spiro atoms. The van der Waals surface area contributed by atoms with Crippen molar-refractivity contribution in [1.82, 2.24) is 0 Å². The average molecular weight is 156 g/mol. The van der Waals surface area contributed by atoms with Crippen LogP contribution in [0.25, 0.3) is 0 Å². The molecule has 0 amide bonds. The molecule has 1 atom stereocenters. The van der Waals surface area contributed by atoms with Crippen LogP contribution in [0.5, 0.6) is 0 Å². The third-order valence-corrected chi connectivity index (χ3v) is 1.83. The summed E-state index contributed by atoms with van der Waals surface area (Å²) in [6.07, 6.45) is 2.70. The lowest BCUT2D eigenvalue weighted by Crippen LogP contribution is -2.38. The van der Waals surface area contributed by atoms with Crippen LogP contribution in [-0.2, 0) is 9.53 Å². The maximum Gasteiger partial charge on any atom is 0.308 e. The fourth-order valence-electron chi connectivity index (χ4n) is 1.21. The normalized spacial score (nSPS) is 31.2. The minimum absolute atomic E-state index is 0.0962. The van der Waals surface area contributed by atoms with Gasteiger partial charge in [0.15, 0.2) is 0 Å². The highest BCUT2D eigenvalue weighted by molar-refractivity contribution is 5.71. The Morgan fingerprint density at radius 2 is 2.55 bits per heavy atom. The molecule has 0 radical (unpaired) electrons. The molecule has 1 aliphatic heterocycles. The van der Waals surface area contributed by atoms with Crippen LogP contribution < -0.4 is 0 Å². The van der Waals surface area contributed by atoms with E-state index in [4.69, 9.17) is 0 Å². The van der Waals surface area contributed by atoms with E-state index >= 15 is 0 Å². The van der Waals surface area contributed by atoms with Crippen molar-refractivity contribution in [2.24, 2.45) is 0 Å². The molecule has 1 aliphatic rings. The van der Waals surface area contributed by atoms with Crippen molar-refractivity contribution in [2.45, 2.75) is 24.9 Å². The van der Waals surface area contributed by atoms with Crippen molar-refractivity contribution in [3.05, 3.63) is 12.7 Å². The van der Waals surface area contributed by atoms with Gasteiger partial charge >= 0.3 is 5.97 Å². The van der Waals surface area contributed by atoms with Crippen molar-refractivity contribution < 1.29 is 14.6 Å². The molecular weight excluding hydrogens is 144 g/mol. The van der Waals surface area contributed by atoms with Crippen LogP contribution >= 0.6 is 0 Å². The van der Waals surface area contributed by atoms with E-state index < -0.39 is 5.60 Å². The van der Waals surface area contributed by atoms with Gasteiger partial charge in [0.25, 0.3) is 0 Å². The number of carbonyl (C=O) groups is 1. The van der Waals surface area contributed by atoms with Gasteiger partial charge in [0.2, 0.25) is 0 Å². The van der Waals surface area contributed by atoms with E-state index in [1.54, 1.807) is 6.08 Å². The standard InChI is InChI=1S/C8H12O3/c1-2-3-8(10)4-5-11-7(9)6-8/h2,10H,1,3-6H2. The summed E-state index contributed by atoms with van der Waals surface area (Å²) < 4.78 is 4.69. The molecule has 11 heavy (non-hydrogen) atoms. The number of rotatable bonds is 2. The molecule has 0 aromatic heterocycles. The zero-order valence-corrected chi connectivity index (χ0v) is 6.38. The zero-order chi connectivity index (χ0) is 8.32. The Hall–Kier alpha value is -0.830. The van der Waals surface area contributed by atoms with Crippen LogP contribution in [0.2, 0.25) is 0 Å². The molecule has 1 saturated heterocycles. The molecule has 0 aliphatic carbocycles. The second kappa shape index (κ2) is 3.05. The summed E-state index contributed by atoms with van der Waals surface area (Å²) in [6.45, 7) is 3.84. The SMILES string of the molecule is C=CCC1(O)CCOC(=O)C1. The van der Waals surface area contributed by atoms with Gasteiger partial charge in [-0.1, -0.05) is 6.08 Å². The molecule has 1 unspecified atom stereocenters. The first-order valence-corrected chi connectivity index (χ1v) is 3.65. The Labute approximate surface area is 65.7 Å². The predicted molar refractivity (Wildman–Crippen MR) is 40.0 cm³/mol. The largest absolute Gasteiger partial charge is 0.465 e. The first kappa shape index (κ1) is 8.27. The van der Waals surface area contributed by atoms with E-state index in [0.717, 1.165) is 0 Å². The summed E-state index contributed by atoms with van der Waals surface area (Å²) in [4.78, 5) is 10.7. The number of ether oxygens (including phenoxy) is 1. The van der Waals surface area contributed by atoms with Crippen molar-refractivity contribution in [2.75, 3.05) is 6.61 Å². The summed E-state index contributed by atoms with van der Waals surface area (Å²) in [5, 5.41) is 9.67. The molecule has 0 aromatic rings. The first-order valence-electron chi connectivity index (χ1n) is 3.65. The monoisotopic (exact) mass is 156 g/mol. The summed E-state index contributed by atoms with van der Waals surface area (Å²) in [5.74, 6) is -0.319. The highest BCUT2D eigenvalue weighted by atomic mass is 16.5.